The quantitative estimate of drug-likeness (QED) is 0.798. The van der Waals surface area contributed by atoms with Gasteiger partial charge in [0.25, 0.3) is 5.91 Å². The molecule has 1 N–H and O–H groups in total. The van der Waals surface area contributed by atoms with Gasteiger partial charge in [-0.25, -0.2) is 0 Å². The fourth-order valence-corrected chi connectivity index (χ4v) is 1.90. The van der Waals surface area contributed by atoms with Crippen LogP contribution in [0.2, 0.25) is 5.22 Å². The summed E-state index contributed by atoms with van der Waals surface area (Å²) < 4.78 is 6.34. The molecule has 0 radical (unpaired) electrons. The lowest BCUT2D eigenvalue weighted by molar-refractivity contribution is 0.102. The fraction of sp³-hybridized carbons (Fsp3) is 0. The standard InChI is InChI=1S/C12H8ClN5O2/c13-11-8(5-6-20-11)12(19)15-9-3-1-2-4-10(9)18-7-14-16-17-18/h1-7H,(H,15,19). The molecule has 0 aliphatic carbocycles. The summed E-state index contributed by atoms with van der Waals surface area (Å²) >= 11 is 5.78. The molecule has 0 aliphatic heterocycles. The smallest absolute Gasteiger partial charge is 0.260 e. The number of carbonyl (C=O) groups excluding carboxylic acids is 1. The van der Waals surface area contributed by atoms with E-state index >= 15 is 0 Å². The molecule has 0 fully saturated rings. The Kier molecular flexibility index (Phi) is 3.18. The van der Waals surface area contributed by atoms with Crippen LogP contribution in [-0.4, -0.2) is 26.1 Å². The van der Waals surface area contributed by atoms with Crippen molar-refractivity contribution in [3.63, 3.8) is 0 Å². The van der Waals surface area contributed by atoms with Gasteiger partial charge in [-0.15, -0.1) is 5.10 Å². The third-order valence-electron chi connectivity index (χ3n) is 2.61. The topological polar surface area (TPSA) is 85.8 Å². The summed E-state index contributed by atoms with van der Waals surface area (Å²) in [4.78, 5) is 12.1. The molecule has 2 aromatic heterocycles. The Hall–Kier alpha value is -2.67. The van der Waals surface area contributed by atoms with Gasteiger partial charge in [-0.05, 0) is 40.2 Å². The van der Waals surface area contributed by atoms with Crippen LogP contribution in [0.25, 0.3) is 5.69 Å². The van der Waals surface area contributed by atoms with Crippen LogP contribution in [0, 0.1) is 0 Å². The number of furan rings is 1. The number of nitrogens with zero attached hydrogens (tertiary/aromatic N) is 4. The van der Waals surface area contributed by atoms with Crippen LogP contribution in [-0.2, 0) is 0 Å². The van der Waals surface area contributed by atoms with Gasteiger partial charge in [-0.2, -0.15) is 4.68 Å². The molecular formula is C12H8ClN5O2. The van der Waals surface area contributed by atoms with Crippen molar-refractivity contribution in [3.05, 3.63) is 53.7 Å². The van der Waals surface area contributed by atoms with Crippen LogP contribution in [0.5, 0.6) is 0 Å². The van der Waals surface area contributed by atoms with Gasteiger partial charge in [-0.1, -0.05) is 12.1 Å². The van der Waals surface area contributed by atoms with E-state index < -0.39 is 0 Å². The zero-order chi connectivity index (χ0) is 13.9. The van der Waals surface area contributed by atoms with E-state index in [1.54, 1.807) is 18.2 Å². The van der Waals surface area contributed by atoms with Gasteiger partial charge in [0.15, 0.2) is 0 Å². The molecule has 0 unspecified atom stereocenters. The Bertz CT molecular complexity index is 738. The molecule has 3 rings (SSSR count). The second-order valence-corrected chi connectivity index (χ2v) is 4.18. The number of anilines is 1. The number of tetrazole rings is 1. The molecule has 0 saturated carbocycles. The number of aromatic nitrogens is 4. The van der Waals surface area contributed by atoms with Crippen molar-refractivity contribution in [1.29, 1.82) is 0 Å². The van der Waals surface area contributed by atoms with Crippen LogP contribution in [0.3, 0.4) is 0 Å². The highest BCUT2D eigenvalue weighted by atomic mass is 35.5. The highest BCUT2D eigenvalue weighted by molar-refractivity contribution is 6.32. The highest BCUT2D eigenvalue weighted by Gasteiger charge is 2.15. The van der Waals surface area contributed by atoms with Crippen molar-refractivity contribution in [2.24, 2.45) is 0 Å². The van der Waals surface area contributed by atoms with E-state index in [1.165, 1.54) is 23.3 Å². The summed E-state index contributed by atoms with van der Waals surface area (Å²) in [5.74, 6) is -0.371. The first-order valence-corrected chi connectivity index (χ1v) is 6.00. The number of hydrogen-bond acceptors (Lipinski definition) is 5. The number of rotatable bonds is 3. The summed E-state index contributed by atoms with van der Waals surface area (Å²) in [5, 5.41) is 13.7. The van der Waals surface area contributed by atoms with E-state index in [2.05, 4.69) is 20.8 Å². The largest absolute Gasteiger partial charge is 0.452 e. The number of carbonyl (C=O) groups is 1. The van der Waals surface area contributed by atoms with E-state index in [1.807, 2.05) is 6.07 Å². The highest BCUT2D eigenvalue weighted by Crippen LogP contribution is 2.22. The zero-order valence-electron chi connectivity index (χ0n) is 10.0. The Morgan fingerprint density at radius 1 is 1.30 bits per heavy atom. The minimum absolute atomic E-state index is 0.0439. The summed E-state index contributed by atoms with van der Waals surface area (Å²) in [6, 6.07) is 8.63. The molecule has 0 spiro atoms. The van der Waals surface area contributed by atoms with Crippen LogP contribution >= 0.6 is 11.6 Å². The Balaban J connectivity index is 1.92. The predicted molar refractivity (Wildman–Crippen MR) is 70.8 cm³/mol. The maximum atomic E-state index is 12.1. The Labute approximate surface area is 118 Å². The van der Waals surface area contributed by atoms with Crippen molar-refractivity contribution < 1.29 is 9.21 Å². The average molecular weight is 290 g/mol. The molecule has 20 heavy (non-hydrogen) atoms. The lowest BCUT2D eigenvalue weighted by Gasteiger charge is -2.09. The van der Waals surface area contributed by atoms with E-state index in [4.69, 9.17) is 16.0 Å². The number of para-hydroxylation sites is 2. The average Bonchev–Trinajstić information content (AvgIpc) is 3.10. The van der Waals surface area contributed by atoms with Gasteiger partial charge >= 0.3 is 0 Å². The maximum absolute atomic E-state index is 12.1. The molecule has 100 valence electrons. The number of hydrogen-bond donors (Lipinski definition) is 1. The molecule has 2 heterocycles. The lowest BCUT2D eigenvalue weighted by atomic mass is 10.2. The first-order chi connectivity index (χ1) is 9.75. The minimum Gasteiger partial charge on any atom is -0.452 e. The first-order valence-electron chi connectivity index (χ1n) is 5.62. The van der Waals surface area contributed by atoms with Crippen molar-refractivity contribution >= 4 is 23.2 Å². The first kappa shape index (κ1) is 12.4. The number of benzene rings is 1. The van der Waals surface area contributed by atoms with Gasteiger partial charge in [0.2, 0.25) is 5.22 Å². The van der Waals surface area contributed by atoms with Gasteiger partial charge < -0.3 is 9.73 Å². The molecule has 3 aromatic rings. The Morgan fingerprint density at radius 2 is 2.15 bits per heavy atom. The van der Waals surface area contributed by atoms with E-state index in [0.717, 1.165) is 0 Å². The van der Waals surface area contributed by atoms with Crippen LogP contribution in [0.4, 0.5) is 5.69 Å². The van der Waals surface area contributed by atoms with Gasteiger partial charge in [-0.3, -0.25) is 4.79 Å². The summed E-state index contributed by atoms with van der Waals surface area (Å²) in [6.45, 7) is 0. The minimum atomic E-state index is -0.371. The second kappa shape index (κ2) is 5.14. The van der Waals surface area contributed by atoms with E-state index in [9.17, 15) is 4.79 Å². The molecule has 0 atom stereocenters. The summed E-state index contributed by atoms with van der Waals surface area (Å²) in [5.41, 5.74) is 1.46. The number of halogens is 1. The molecule has 1 amide bonds. The molecule has 0 bridgehead atoms. The lowest BCUT2D eigenvalue weighted by Crippen LogP contribution is -2.13. The summed E-state index contributed by atoms with van der Waals surface area (Å²) in [7, 11) is 0. The van der Waals surface area contributed by atoms with Gasteiger partial charge in [0, 0.05) is 0 Å². The fourth-order valence-electron chi connectivity index (χ4n) is 1.70. The molecule has 1 aromatic carbocycles. The monoisotopic (exact) mass is 289 g/mol. The van der Waals surface area contributed by atoms with Crippen LogP contribution < -0.4 is 5.32 Å². The SMILES string of the molecule is O=C(Nc1ccccc1-n1cnnn1)c1ccoc1Cl. The van der Waals surface area contributed by atoms with Crippen molar-refractivity contribution in [2.75, 3.05) is 5.32 Å². The van der Waals surface area contributed by atoms with Gasteiger partial charge in [0.1, 0.15) is 6.33 Å². The second-order valence-electron chi connectivity index (χ2n) is 3.83. The van der Waals surface area contributed by atoms with Crippen molar-refractivity contribution in [1.82, 2.24) is 20.2 Å². The van der Waals surface area contributed by atoms with E-state index in [-0.39, 0.29) is 16.7 Å². The Morgan fingerprint density at radius 3 is 2.85 bits per heavy atom. The molecular weight excluding hydrogens is 282 g/mol. The van der Waals surface area contributed by atoms with Crippen LogP contribution in [0.15, 0.2) is 47.3 Å². The summed E-state index contributed by atoms with van der Waals surface area (Å²) in [6.07, 6.45) is 2.79. The zero-order valence-corrected chi connectivity index (χ0v) is 10.8. The third-order valence-corrected chi connectivity index (χ3v) is 2.90. The predicted octanol–water partition coefficient (Wildman–Crippen LogP) is 2.16. The third kappa shape index (κ3) is 2.26. The number of nitrogens with one attached hydrogen (secondary N) is 1. The van der Waals surface area contributed by atoms with Crippen molar-refractivity contribution in [3.8, 4) is 5.69 Å². The number of amides is 1. The van der Waals surface area contributed by atoms with Gasteiger partial charge in [0.05, 0.1) is 23.2 Å². The normalized spacial score (nSPS) is 10.4. The molecule has 0 aliphatic rings. The van der Waals surface area contributed by atoms with E-state index in [0.29, 0.717) is 11.4 Å². The molecule has 8 heteroatoms. The van der Waals surface area contributed by atoms with Crippen molar-refractivity contribution in [2.45, 2.75) is 0 Å². The molecule has 0 saturated heterocycles. The maximum Gasteiger partial charge on any atom is 0.260 e. The molecule has 7 nitrogen and oxygen atoms in total. The van der Waals surface area contributed by atoms with Crippen LogP contribution in [0.1, 0.15) is 10.4 Å².